The highest BCUT2D eigenvalue weighted by Crippen LogP contribution is 2.28. The van der Waals surface area contributed by atoms with Crippen LogP contribution in [0.3, 0.4) is 0 Å². The Hall–Kier alpha value is -0.120. The smallest absolute Gasteiger partial charge is 0.0593 e. The molecule has 1 N–H and O–H groups in total. The van der Waals surface area contributed by atoms with Crippen LogP contribution in [-0.2, 0) is 4.74 Å². The molecule has 2 aliphatic carbocycles. The summed E-state index contributed by atoms with van der Waals surface area (Å²) >= 11 is 0. The number of aliphatic hydroxyl groups is 1. The van der Waals surface area contributed by atoms with Crippen LogP contribution in [0.4, 0.5) is 0 Å². The van der Waals surface area contributed by atoms with E-state index in [9.17, 15) is 5.11 Å². The Balaban J connectivity index is 1.51. The van der Waals surface area contributed by atoms with E-state index in [1.165, 1.54) is 25.7 Å². The van der Waals surface area contributed by atoms with Gasteiger partial charge >= 0.3 is 0 Å². The molecule has 0 aromatic rings. The van der Waals surface area contributed by atoms with E-state index in [2.05, 4.69) is 11.9 Å². The quantitative estimate of drug-likeness (QED) is 0.669. The molecule has 2 saturated carbocycles. The summed E-state index contributed by atoms with van der Waals surface area (Å²) in [5, 5.41) is 9.73. The zero-order valence-electron chi connectivity index (χ0n) is 10.4. The fourth-order valence-electron chi connectivity index (χ4n) is 2.48. The first-order valence-corrected chi connectivity index (χ1v) is 6.70. The SMILES string of the molecule is CN(CCOCC1CC1)CC1CCCC1O. The standard InChI is InChI=1S/C13H25NO2/c1-14(7-8-16-10-11-5-6-11)9-12-3-2-4-13(12)15/h11-13,15H,2-10H2,1H3. The number of rotatable bonds is 7. The van der Waals surface area contributed by atoms with E-state index in [-0.39, 0.29) is 6.10 Å². The average Bonchev–Trinajstić information content (AvgIpc) is 3.00. The molecular formula is C13H25NO2. The van der Waals surface area contributed by atoms with Gasteiger partial charge in [-0.3, -0.25) is 0 Å². The third-order valence-corrected chi connectivity index (χ3v) is 3.83. The van der Waals surface area contributed by atoms with Crippen LogP contribution in [-0.4, -0.2) is 49.5 Å². The van der Waals surface area contributed by atoms with Crippen LogP contribution in [0, 0.1) is 11.8 Å². The molecule has 2 fully saturated rings. The fourth-order valence-corrected chi connectivity index (χ4v) is 2.48. The van der Waals surface area contributed by atoms with Gasteiger partial charge in [-0.15, -0.1) is 0 Å². The molecule has 0 aromatic heterocycles. The third kappa shape index (κ3) is 4.04. The summed E-state index contributed by atoms with van der Waals surface area (Å²) in [6.07, 6.45) is 6.05. The minimum absolute atomic E-state index is 0.0603. The molecule has 2 unspecified atom stereocenters. The molecule has 3 nitrogen and oxygen atoms in total. The molecule has 0 aliphatic heterocycles. The molecule has 2 aliphatic rings. The molecule has 0 bridgehead atoms. The summed E-state index contributed by atoms with van der Waals surface area (Å²) in [7, 11) is 2.13. The maximum atomic E-state index is 9.73. The maximum absolute atomic E-state index is 9.73. The first kappa shape index (κ1) is 12.3. The van der Waals surface area contributed by atoms with Crippen LogP contribution < -0.4 is 0 Å². The van der Waals surface area contributed by atoms with E-state index in [0.717, 1.165) is 38.6 Å². The van der Waals surface area contributed by atoms with E-state index >= 15 is 0 Å². The van der Waals surface area contributed by atoms with Gasteiger partial charge in [0.05, 0.1) is 12.7 Å². The van der Waals surface area contributed by atoms with Crippen LogP contribution in [0.2, 0.25) is 0 Å². The normalized spacial score (nSPS) is 30.2. The van der Waals surface area contributed by atoms with Crippen molar-refractivity contribution in [2.75, 3.05) is 33.4 Å². The van der Waals surface area contributed by atoms with E-state index in [4.69, 9.17) is 4.74 Å². The number of likely N-dealkylation sites (N-methyl/N-ethyl adjacent to an activating group) is 1. The van der Waals surface area contributed by atoms with Crippen molar-refractivity contribution in [1.82, 2.24) is 4.90 Å². The predicted octanol–water partition coefficient (Wildman–Crippen LogP) is 1.51. The second kappa shape index (κ2) is 5.99. The monoisotopic (exact) mass is 227 g/mol. The van der Waals surface area contributed by atoms with Gasteiger partial charge in [-0.25, -0.2) is 0 Å². The van der Waals surface area contributed by atoms with Crippen molar-refractivity contribution in [3.63, 3.8) is 0 Å². The molecule has 0 spiro atoms. The van der Waals surface area contributed by atoms with Gasteiger partial charge in [0, 0.05) is 19.7 Å². The highest BCUT2D eigenvalue weighted by molar-refractivity contribution is 4.78. The minimum atomic E-state index is -0.0603. The van der Waals surface area contributed by atoms with Gasteiger partial charge in [0.15, 0.2) is 0 Å². The lowest BCUT2D eigenvalue weighted by atomic mass is 10.1. The molecule has 0 amide bonds. The van der Waals surface area contributed by atoms with Crippen molar-refractivity contribution >= 4 is 0 Å². The number of aliphatic hydroxyl groups excluding tert-OH is 1. The van der Waals surface area contributed by atoms with Crippen LogP contribution in [0.25, 0.3) is 0 Å². The van der Waals surface area contributed by atoms with Crippen molar-refractivity contribution in [3.8, 4) is 0 Å². The van der Waals surface area contributed by atoms with Crippen molar-refractivity contribution in [2.24, 2.45) is 11.8 Å². The molecule has 16 heavy (non-hydrogen) atoms. The van der Waals surface area contributed by atoms with E-state index in [1.807, 2.05) is 0 Å². The van der Waals surface area contributed by atoms with E-state index in [1.54, 1.807) is 0 Å². The molecule has 0 aromatic carbocycles. The topological polar surface area (TPSA) is 32.7 Å². The lowest BCUT2D eigenvalue weighted by Gasteiger charge is -2.22. The Morgan fingerprint density at radius 2 is 2.06 bits per heavy atom. The van der Waals surface area contributed by atoms with Crippen LogP contribution in [0.5, 0.6) is 0 Å². The lowest BCUT2D eigenvalue weighted by molar-refractivity contribution is 0.0792. The first-order valence-electron chi connectivity index (χ1n) is 6.70. The van der Waals surface area contributed by atoms with Crippen LogP contribution in [0.1, 0.15) is 32.1 Å². The van der Waals surface area contributed by atoms with Crippen molar-refractivity contribution in [2.45, 2.75) is 38.2 Å². The number of hydrogen-bond donors (Lipinski definition) is 1. The van der Waals surface area contributed by atoms with Gasteiger partial charge in [-0.05, 0) is 44.6 Å². The molecule has 3 heteroatoms. The van der Waals surface area contributed by atoms with Crippen molar-refractivity contribution < 1.29 is 9.84 Å². The van der Waals surface area contributed by atoms with Gasteiger partial charge in [0.1, 0.15) is 0 Å². The zero-order chi connectivity index (χ0) is 11.4. The number of hydrogen-bond acceptors (Lipinski definition) is 3. The second-order valence-corrected chi connectivity index (χ2v) is 5.54. The Morgan fingerprint density at radius 3 is 2.69 bits per heavy atom. The minimum Gasteiger partial charge on any atom is -0.393 e. The summed E-state index contributed by atoms with van der Waals surface area (Å²) in [6, 6.07) is 0. The molecular weight excluding hydrogens is 202 g/mol. The Morgan fingerprint density at radius 1 is 1.25 bits per heavy atom. The molecule has 2 rings (SSSR count). The van der Waals surface area contributed by atoms with Gasteiger partial charge in [0.2, 0.25) is 0 Å². The fraction of sp³-hybridized carbons (Fsp3) is 1.00. The van der Waals surface area contributed by atoms with E-state index in [0.29, 0.717) is 5.92 Å². The van der Waals surface area contributed by atoms with Crippen LogP contribution in [0.15, 0.2) is 0 Å². The first-order chi connectivity index (χ1) is 7.75. The highest BCUT2D eigenvalue weighted by Gasteiger charge is 2.26. The summed E-state index contributed by atoms with van der Waals surface area (Å²) in [5.74, 6) is 1.36. The van der Waals surface area contributed by atoms with Gasteiger partial charge in [-0.2, -0.15) is 0 Å². The summed E-state index contributed by atoms with van der Waals surface area (Å²) in [6.45, 7) is 3.82. The van der Waals surface area contributed by atoms with Crippen molar-refractivity contribution in [1.29, 1.82) is 0 Å². The molecule has 0 radical (unpaired) electrons. The highest BCUT2D eigenvalue weighted by atomic mass is 16.5. The predicted molar refractivity (Wildman–Crippen MR) is 64.4 cm³/mol. The molecule has 0 heterocycles. The third-order valence-electron chi connectivity index (χ3n) is 3.83. The zero-order valence-corrected chi connectivity index (χ0v) is 10.4. The Labute approximate surface area is 98.8 Å². The number of nitrogens with zero attached hydrogens (tertiary/aromatic N) is 1. The van der Waals surface area contributed by atoms with Crippen LogP contribution >= 0.6 is 0 Å². The lowest BCUT2D eigenvalue weighted by Crippen LogP contribution is -2.32. The number of ether oxygens (including phenoxy) is 1. The summed E-state index contributed by atoms with van der Waals surface area (Å²) in [5.41, 5.74) is 0. The van der Waals surface area contributed by atoms with Gasteiger partial charge in [0.25, 0.3) is 0 Å². The largest absolute Gasteiger partial charge is 0.393 e. The second-order valence-electron chi connectivity index (χ2n) is 5.54. The Bertz CT molecular complexity index is 206. The molecule has 2 atom stereocenters. The van der Waals surface area contributed by atoms with Gasteiger partial charge in [-0.1, -0.05) is 6.42 Å². The van der Waals surface area contributed by atoms with Gasteiger partial charge < -0.3 is 14.7 Å². The molecule has 0 saturated heterocycles. The summed E-state index contributed by atoms with van der Waals surface area (Å²) in [4.78, 5) is 2.30. The average molecular weight is 227 g/mol. The molecule has 94 valence electrons. The van der Waals surface area contributed by atoms with Crippen molar-refractivity contribution in [3.05, 3.63) is 0 Å². The summed E-state index contributed by atoms with van der Waals surface area (Å²) < 4.78 is 5.62. The van der Waals surface area contributed by atoms with E-state index < -0.39 is 0 Å². The maximum Gasteiger partial charge on any atom is 0.0593 e. The Kier molecular flexibility index (Phi) is 4.62.